The van der Waals surface area contributed by atoms with Gasteiger partial charge in [0.1, 0.15) is 5.76 Å². The largest absolute Gasteiger partial charge is 0.468 e. The second kappa shape index (κ2) is 8.29. The molecule has 1 N–H and O–H groups in total. The summed E-state index contributed by atoms with van der Waals surface area (Å²) in [5.74, 6) is -0.0587. The quantitative estimate of drug-likeness (QED) is 0.578. The predicted octanol–water partition coefficient (Wildman–Crippen LogP) is 2.22. The minimum Gasteiger partial charge on any atom is -0.468 e. The third kappa shape index (κ3) is 4.94. The number of nitrogens with zero attached hydrogens (tertiary/aromatic N) is 1. The molecule has 2 rings (SSSR count). The van der Waals surface area contributed by atoms with E-state index in [2.05, 4.69) is 4.72 Å². The zero-order valence-corrected chi connectivity index (χ0v) is 13.6. The molecule has 0 aliphatic rings. The Hall–Kier alpha value is -2.63. The molecule has 126 valence electrons. The average Bonchev–Trinajstić information content (AvgIpc) is 3.10. The Labute approximate surface area is 139 Å². The molecular weight excluding hydrogens is 332 g/mol. The predicted molar refractivity (Wildman–Crippen MR) is 84.3 cm³/mol. The van der Waals surface area contributed by atoms with Crippen molar-refractivity contribution < 1.29 is 22.4 Å². The first-order chi connectivity index (χ1) is 11.5. The zero-order valence-electron chi connectivity index (χ0n) is 12.8. The number of hydrogen-bond acceptors (Lipinski definition) is 6. The smallest absolute Gasteiger partial charge is 0.338 e. The number of ether oxygens (including phenoxy) is 1. The Morgan fingerprint density at radius 2 is 2.00 bits per heavy atom. The molecule has 1 aromatic carbocycles. The third-order valence-corrected chi connectivity index (χ3v) is 4.50. The number of carbonyl (C=O) groups excluding carboxylic acids is 1. The Balaban J connectivity index is 1.95. The topological polar surface area (TPSA) is 109 Å². The average molecular weight is 348 g/mol. The molecule has 0 saturated heterocycles. The van der Waals surface area contributed by atoms with Crippen LogP contribution < -0.4 is 4.72 Å². The highest BCUT2D eigenvalue weighted by Crippen LogP contribution is 2.12. The van der Waals surface area contributed by atoms with Gasteiger partial charge in [0.05, 0.1) is 35.9 Å². The molecule has 2 aromatic rings. The van der Waals surface area contributed by atoms with Crippen molar-refractivity contribution in [3.05, 3.63) is 54.0 Å². The van der Waals surface area contributed by atoms with Crippen LogP contribution in [0.2, 0.25) is 0 Å². The van der Waals surface area contributed by atoms with Crippen molar-refractivity contribution >= 4 is 16.0 Å². The second-order valence-electron chi connectivity index (χ2n) is 4.83. The van der Waals surface area contributed by atoms with Crippen LogP contribution in [0.5, 0.6) is 0 Å². The first kappa shape index (κ1) is 17.7. The summed E-state index contributed by atoms with van der Waals surface area (Å²) in [5.41, 5.74) is 0.247. The van der Waals surface area contributed by atoms with E-state index in [1.807, 2.05) is 6.07 Å². The second-order valence-corrected chi connectivity index (χ2v) is 6.59. The van der Waals surface area contributed by atoms with Crippen molar-refractivity contribution in [2.24, 2.45) is 0 Å². The van der Waals surface area contributed by atoms with Gasteiger partial charge < -0.3 is 9.15 Å². The molecule has 7 nitrogen and oxygen atoms in total. The highest BCUT2D eigenvalue weighted by atomic mass is 32.2. The van der Waals surface area contributed by atoms with E-state index in [9.17, 15) is 13.2 Å². The monoisotopic (exact) mass is 348 g/mol. The molecule has 0 spiro atoms. The molecule has 0 unspecified atom stereocenters. The molecule has 1 heterocycles. The van der Waals surface area contributed by atoms with E-state index >= 15 is 0 Å². The maximum absolute atomic E-state index is 12.2. The van der Waals surface area contributed by atoms with Crippen molar-refractivity contribution in [1.29, 1.82) is 5.26 Å². The van der Waals surface area contributed by atoms with Crippen LogP contribution in [0.4, 0.5) is 0 Å². The van der Waals surface area contributed by atoms with Gasteiger partial charge in [-0.15, -0.1) is 0 Å². The molecule has 0 fully saturated rings. The van der Waals surface area contributed by atoms with E-state index < -0.39 is 16.0 Å². The number of furan rings is 1. The fourth-order valence-electron chi connectivity index (χ4n) is 1.83. The molecule has 1 aromatic heterocycles. The fraction of sp³-hybridized carbons (Fsp3) is 0.250. The SMILES string of the molecule is N#CCCCOC(=O)c1ccc(S(=O)(=O)NCc2ccco2)cc1. The van der Waals surface area contributed by atoms with E-state index in [-0.39, 0.29) is 23.6 Å². The fourth-order valence-corrected chi connectivity index (χ4v) is 2.83. The van der Waals surface area contributed by atoms with Crippen LogP contribution in [0, 0.1) is 11.3 Å². The Bertz CT molecular complexity index is 805. The number of carbonyl (C=O) groups is 1. The standard InChI is InChI=1S/C16H16N2O5S/c17-9-1-2-10-23-16(19)13-5-7-15(8-6-13)24(20,21)18-12-14-4-3-11-22-14/h3-8,11,18H,1-2,10,12H2. The van der Waals surface area contributed by atoms with Crippen LogP contribution in [0.1, 0.15) is 29.0 Å². The number of nitrogens with one attached hydrogen (secondary N) is 1. The summed E-state index contributed by atoms with van der Waals surface area (Å²) in [6.07, 6.45) is 2.23. The van der Waals surface area contributed by atoms with E-state index in [0.29, 0.717) is 18.6 Å². The van der Waals surface area contributed by atoms with Gasteiger partial charge in [-0.3, -0.25) is 0 Å². The van der Waals surface area contributed by atoms with Gasteiger partial charge in [-0.2, -0.15) is 5.26 Å². The minimum absolute atomic E-state index is 0.0371. The van der Waals surface area contributed by atoms with Crippen LogP contribution in [0.3, 0.4) is 0 Å². The maximum Gasteiger partial charge on any atom is 0.338 e. The number of hydrogen-bond donors (Lipinski definition) is 1. The first-order valence-electron chi connectivity index (χ1n) is 7.19. The van der Waals surface area contributed by atoms with Gasteiger partial charge in [-0.05, 0) is 42.8 Å². The summed E-state index contributed by atoms with van der Waals surface area (Å²) in [7, 11) is -3.70. The van der Waals surface area contributed by atoms with Gasteiger partial charge in [0.2, 0.25) is 10.0 Å². The van der Waals surface area contributed by atoms with Gasteiger partial charge in [-0.25, -0.2) is 17.9 Å². The van der Waals surface area contributed by atoms with Crippen molar-refractivity contribution in [1.82, 2.24) is 4.72 Å². The van der Waals surface area contributed by atoms with E-state index in [1.165, 1.54) is 30.5 Å². The van der Waals surface area contributed by atoms with Crippen molar-refractivity contribution in [2.75, 3.05) is 6.61 Å². The van der Waals surface area contributed by atoms with Crippen molar-refractivity contribution in [3.63, 3.8) is 0 Å². The van der Waals surface area contributed by atoms with Crippen LogP contribution in [0.25, 0.3) is 0 Å². The van der Waals surface area contributed by atoms with Gasteiger partial charge in [-0.1, -0.05) is 0 Å². The normalized spacial score (nSPS) is 11.0. The molecule has 0 bridgehead atoms. The van der Waals surface area contributed by atoms with Crippen LogP contribution in [0.15, 0.2) is 52.0 Å². The van der Waals surface area contributed by atoms with E-state index in [1.54, 1.807) is 12.1 Å². The number of esters is 1. The number of unbranched alkanes of at least 4 members (excludes halogenated alkanes) is 1. The molecular formula is C16H16N2O5S. The zero-order chi connectivity index (χ0) is 17.4. The number of benzene rings is 1. The van der Waals surface area contributed by atoms with Gasteiger partial charge in [0, 0.05) is 6.42 Å². The molecule has 8 heteroatoms. The maximum atomic E-state index is 12.2. The van der Waals surface area contributed by atoms with Crippen LogP contribution in [-0.2, 0) is 21.3 Å². The molecule has 0 aliphatic carbocycles. The molecule has 0 atom stereocenters. The van der Waals surface area contributed by atoms with Crippen LogP contribution in [-0.4, -0.2) is 21.0 Å². The Kier molecular flexibility index (Phi) is 6.12. The summed E-state index contributed by atoms with van der Waals surface area (Å²) < 4.78 is 36.8. The lowest BCUT2D eigenvalue weighted by atomic mass is 10.2. The summed E-state index contributed by atoms with van der Waals surface area (Å²) in [4.78, 5) is 11.8. The molecule has 0 saturated carbocycles. The summed E-state index contributed by atoms with van der Waals surface area (Å²) in [5, 5.41) is 8.40. The first-order valence-corrected chi connectivity index (χ1v) is 8.67. The van der Waals surface area contributed by atoms with Crippen molar-refractivity contribution in [3.8, 4) is 6.07 Å². The highest BCUT2D eigenvalue weighted by molar-refractivity contribution is 7.89. The Morgan fingerprint density at radius 3 is 2.62 bits per heavy atom. The summed E-state index contributed by atoms with van der Waals surface area (Å²) in [6.45, 7) is 0.190. The molecule has 0 amide bonds. The third-order valence-electron chi connectivity index (χ3n) is 3.08. The number of sulfonamides is 1. The molecule has 24 heavy (non-hydrogen) atoms. The highest BCUT2D eigenvalue weighted by Gasteiger charge is 2.15. The summed E-state index contributed by atoms with van der Waals surface area (Å²) in [6, 6.07) is 10.7. The van der Waals surface area contributed by atoms with Gasteiger partial charge in [0.15, 0.2) is 0 Å². The number of rotatable bonds is 8. The Morgan fingerprint density at radius 1 is 1.25 bits per heavy atom. The van der Waals surface area contributed by atoms with E-state index in [0.717, 1.165) is 0 Å². The lowest BCUT2D eigenvalue weighted by Gasteiger charge is -2.07. The molecule has 0 aliphatic heterocycles. The van der Waals surface area contributed by atoms with E-state index in [4.69, 9.17) is 14.4 Å². The van der Waals surface area contributed by atoms with Gasteiger partial charge >= 0.3 is 5.97 Å². The van der Waals surface area contributed by atoms with Gasteiger partial charge in [0.25, 0.3) is 0 Å². The molecule has 0 radical (unpaired) electrons. The van der Waals surface area contributed by atoms with Crippen LogP contribution >= 0.6 is 0 Å². The van der Waals surface area contributed by atoms with Crippen molar-refractivity contribution in [2.45, 2.75) is 24.3 Å². The number of nitriles is 1. The summed E-state index contributed by atoms with van der Waals surface area (Å²) >= 11 is 0. The lowest BCUT2D eigenvalue weighted by Crippen LogP contribution is -2.23. The lowest BCUT2D eigenvalue weighted by molar-refractivity contribution is 0.0501. The minimum atomic E-state index is -3.70.